The Balaban J connectivity index is 0.925. The summed E-state index contributed by atoms with van der Waals surface area (Å²) in [7, 11) is 0. The van der Waals surface area contributed by atoms with Crippen molar-refractivity contribution >= 4 is 87.8 Å². The van der Waals surface area contributed by atoms with Gasteiger partial charge in [0.05, 0.1) is 11.4 Å². The first-order valence-electron chi connectivity index (χ1n) is 25.6. The average molecular weight is 972 g/mol. The zero-order chi connectivity index (χ0) is 49.8. The van der Waals surface area contributed by atoms with Gasteiger partial charge in [-0.15, -0.1) is 0 Å². The van der Waals surface area contributed by atoms with Crippen LogP contribution in [0.3, 0.4) is 0 Å². The average Bonchev–Trinajstić information content (AvgIpc) is 4.28. The molecular weight excluding hydrogens is 931 g/mol. The van der Waals surface area contributed by atoms with E-state index in [0.717, 1.165) is 166 Å². The molecule has 76 heavy (non-hydrogen) atoms. The van der Waals surface area contributed by atoms with Gasteiger partial charge in [-0.2, -0.15) is 0 Å². The van der Waals surface area contributed by atoms with Crippen LogP contribution in [0.5, 0.6) is 0 Å². The maximum Gasteiger partial charge on any atom is 0.135 e. The maximum absolute atomic E-state index is 6.32. The largest absolute Gasteiger partial charge is 0.456 e. The highest BCUT2D eigenvalue weighted by atomic mass is 16.3. The number of nitrogens with zero attached hydrogens (tertiary/aromatic N) is 1. The Hall–Kier alpha value is -10.2. The third kappa shape index (κ3) is 6.98. The van der Waals surface area contributed by atoms with Crippen LogP contribution < -0.4 is 0 Å². The molecule has 0 aliphatic carbocycles. The van der Waals surface area contributed by atoms with E-state index in [2.05, 4.69) is 200 Å². The monoisotopic (exact) mass is 971 g/mol. The van der Waals surface area contributed by atoms with Crippen LogP contribution in [0.4, 0.5) is 0 Å². The molecule has 16 aromatic rings. The van der Waals surface area contributed by atoms with Crippen molar-refractivity contribution < 1.29 is 17.7 Å². The molecule has 0 radical (unpaired) electrons. The molecule has 0 N–H and O–H groups in total. The van der Waals surface area contributed by atoms with Crippen molar-refractivity contribution in [1.29, 1.82) is 0 Å². The molecule has 16 rings (SSSR count). The Kier molecular flexibility index (Phi) is 9.27. The molecule has 0 bridgehead atoms. The molecular formula is C71H41NO4. The van der Waals surface area contributed by atoms with Crippen molar-refractivity contribution in [3.8, 4) is 78.1 Å². The van der Waals surface area contributed by atoms with Gasteiger partial charge in [0.25, 0.3) is 0 Å². The second-order valence-corrected chi connectivity index (χ2v) is 19.8. The predicted octanol–water partition coefficient (Wildman–Crippen LogP) is 20.3. The fourth-order valence-corrected chi connectivity index (χ4v) is 11.5. The highest BCUT2D eigenvalue weighted by molar-refractivity contribution is 6.10. The van der Waals surface area contributed by atoms with E-state index >= 15 is 0 Å². The van der Waals surface area contributed by atoms with Crippen LogP contribution in [0.25, 0.3) is 166 Å². The Morgan fingerprint density at radius 1 is 0.171 bits per heavy atom. The first-order chi connectivity index (χ1) is 37.6. The number of furan rings is 4. The molecule has 354 valence electrons. The van der Waals surface area contributed by atoms with Gasteiger partial charge >= 0.3 is 0 Å². The first-order valence-corrected chi connectivity index (χ1v) is 25.6. The lowest BCUT2D eigenvalue weighted by molar-refractivity contribution is 0.668. The molecule has 0 spiro atoms. The van der Waals surface area contributed by atoms with Gasteiger partial charge in [0.1, 0.15) is 44.7 Å². The summed E-state index contributed by atoms with van der Waals surface area (Å²) in [6.07, 6.45) is 0. The maximum atomic E-state index is 6.32. The zero-order valence-corrected chi connectivity index (χ0v) is 40.8. The minimum atomic E-state index is 0.855. The molecule has 5 aromatic heterocycles. The molecule has 5 heterocycles. The van der Waals surface area contributed by atoms with Gasteiger partial charge in [0.2, 0.25) is 0 Å². The van der Waals surface area contributed by atoms with E-state index in [9.17, 15) is 0 Å². The summed E-state index contributed by atoms with van der Waals surface area (Å²) < 4.78 is 25.3. The van der Waals surface area contributed by atoms with Crippen LogP contribution in [0, 0.1) is 0 Å². The normalized spacial score (nSPS) is 11.9. The zero-order valence-electron chi connectivity index (χ0n) is 40.8. The van der Waals surface area contributed by atoms with Crippen molar-refractivity contribution in [1.82, 2.24) is 4.98 Å². The molecule has 5 heteroatoms. The van der Waals surface area contributed by atoms with E-state index in [1.807, 2.05) is 48.5 Å². The van der Waals surface area contributed by atoms with E-state index in [-0.39, 0.29) is 0 Å². The Morgan fingerprint density at radius 2 is 0.434 bits per heavy atom. The summed E-state index contributed by atoms with van der Waals surface area (Å²) in [5, 5.41) is 8.69. The molecule has 0 saturated carbocycles. The molecule has 0 fully saturated rings. The van der Waals surface area contributed by atoms with Gasteiger partial charge in [-0.1, -0.05) is 127 Å². The van der Waals surface area contributed by atoms with Gasteiger partial charge in [-0.25, -0.2) is 4.98 Å². The first kappa shape index (κ1) is 42.3. The number of hydrogen-bond acceptors (Lipinski definition) is 5. The molecule has 0 aliphatic heterocycles. The number of benzene rings is 11. The van der Waals surface area contributed by atoms with E-state index in [1.165, 1.54) is 0 Å². The molecule has 11 aromatic carbocycles. The van der Waals surface area contributed by atoms with Crippen LogP contribution in [-0.2, 0) is 0 Å². The lowest BCUT2D eigenvalue weighted by Gasteiger charge is -2.16. The molecule has 0 amide bonds. The SMILES string of the molecule is c1ccc(-c2cc(-c3cc(-c4ccc5oc6ccccc6c5c4)cc(-c4ccc5oc6ccccc6c5c4)c3)cc(-c3cc(-c4ccc5oc6ccccc6c5c4)cc(-c4ccc5oc6ccccc6c5c4)c3)n2)cc1. The van der Waals surface area contributed by atoms with Crippen molar-refractivity contribution in [3.63, 3.8) is 0 Å². The summed E-state index contributed by atoms with van der Waals surface area (Å²) in [6, 6.07) is 88.0. The topological polar surface area (TPSA) is 65.5 Å². The Morgan fingerprint density at radius 3 is 0.789 bits per heavy atom. The highest BCUT2D eigenvalue weighted by Crippen LogP contribution is 2.43. The van der Waals surface area contributed by atoms with Crippen LogP contribution in [0.1, 0.15) is 0 Å². The predicted molar refractivity (Wildman–Crippen MR) is 311 cm³/mol. The van der Waals surface area contributed by atoms with E-state index in [0.29, 0.717) is 0 Å². The highest BCUT2D eigenvalue weighted by Gasteiger charge is 2.19. The quantitative estimate of drug-likeness (QED) is 0.159. The molecule has 0 saturated heterocycles. The smallest absolute Gasteiger partial charge is 0.135 e. The van der Waals surface area contributed by atoms with Gasteiger partial charge in [0, 0.05) is 54.2 Å². The van der Waals surface area contributed by atoms with Crippen LogP contribution >= 0.6 is 0 Å². The molecule has 0 atom stereocenters. The number of para-hydroxylation sites is 4. The summed E-state index contributed by atoms with van der Waals surface area (Å²) >= 11 is 0. The number of hydrogen-bond donors (Lipinski definition) is 0. The molecule has 0 aliphatic rings. The minimum Gasteiger partial charge on any atom is -0.456 e. The summed E-state index contributed by atoms with van der Waals surface area (Å²) in [6.45, 7) is 0. The molecule has 0 unspecified atom stereocenters. The standard InChI is InChI=1S/C71H41NO4/c1-2-12-42(13-3-1)62-40-52(51-32-47(43-22-26-68-58(36-43)54-14-4-8-18-64(54)73-68)30-48(33-51)44-23-27-69-59(37-44)55-15-5-9-19-65(55)74-69)41-63(72-62)53-34-49(45-24-28-70-60(38-45)56-16-6-10-20-66(56)75-70)31-50(35-53)46-25-29-71-61(39-46)57-17-7-11-21-67(57)76-71/h1-41H. The second-order valence-electron chi connectivity index (χ2n) is 19.8. The minimum absolute atomic E-state index is 0.855. The number of rotatable bonds is 7. The van der Waals surface area contributed by atoms with E-state index < -0.39 is 0 Å². The fourth-order valence-electron chi connectivity index (χ4n) is 11.5. The third-order valence-electron chi connectivity index (χ3n) is 15.2. The van der Waals surface area contributed by atoms with Crippen LogP contribution in [-0.4, -0.2) is 4.98 Å². The number of fused-ring (bicyclic) bond motifs is 12. The van der Waals surface area contributed by atoms with Crippen molar-refractivity contribution in [2.45, 2.75) is 0 Å². The van der Waals surface area contributed by atoms with Gasteiger partial charge in [-0.05, 0) is 177 Å². The lowest BCUT2D eigenvalue weighted by Crippen LogP contribution is -1.94. The van der Waals surface area contributed by atoms with Gasteiger partial charge in [-0.3, -0.25) is 0 Å². The van der Waals surface area contributed by atoms with Crippen molar-refractivity contribution in [3.05, 3.63) is 249 Å². The van der Waals surface area contributed by atoms with Gasteiger partial charge in [0.15, 0.2) is 0 Å². The van der Waals surface area contributed by atoms with Gasteiger partial charge < -0.3 is 17.7 Å². The number of aromatic nitrogens is 1. The summed E-state index contributed by atoms with van der Waals surface area (Å²) in [5.74, 6) is 0. The van der Waals surface area contributed by atoms with E-state index in [1.54, 1.807) is 0 Å². The Bertz CT molecular complexity index is 4450. The second kappa shape index (κ2) is 16.7. The summed E-state index contributed by atoms with van der Waals surface area (Å²) in [4.78, 5) is 5.56. The lowest BCUT2D eigenvalue weighted by atomic mass is 9.90. The Labute approximate surface area is 435 Å². The van der Waals surface area contributed by atoms with E-state index in [4.69, 9.17) is 22.7 Å². The molecule has 5 nitrogen and oxygen atoms in total. The third-order valence-corrected chi connectivity index (χ3v) is 15.2. The summed E-state index contributed by atoms with van der Waals surface area (Å²) in [5.41, 5.74) is 21.5. The number of pyridine rings is 1. The van der Waals surface area contributed by atoms with Crippen molar-refractivity contribution in [2.75, 3.05) is 0 Å². The van der Waals surface area contributed by atoms with Crippen LogP contribution in [0.15, 0.2) is 266 Å². The van der Waals surface area contributed by atoms with Crippen molar-refractivity contribution in [2.24, 2.45) is 0 Å². The fraction of sp³-hybridized carbons (Fsp3) is 0. The van der Waals surface area contributed by atoms with Crippen LogP contribution in [0.2, 0.25) is 0 Å².